The molecule has 0 amide bonds. The lowest BCUT2D eigenvalue weighted by molar-refractivity contribution is 0.810. The Bertz CT molecular complexity index is 508. The fraction of sp³-hybridized carbons (Fsp3) is 0.267. The van der Waals surface area contributed by atoms with E-state index in [1.807, 2.05) is 37.4 Å². The molecule has 18 heavy (non-hydrogen) atoms. The summed E-state index contributed by atoms with van der Waals surface area (Å²) < 4.78 is 0. The van der Waals surface area contributed by atoms with E-state index in [0.29, 0.717) is 0 Å². The van der Waals surface area contributed by atoms with Crippen molar-refractivity contribution >= 4 is 11.4 Å². The molecular formula is C15H19N3. The SMILES string of the molecule is CCN(Cc1ccccn1)c1ccc(C)c(N)c1. The fourth-order valence-electron chi connectivity index (χ4n) is 1.90. The summed E-state index contributed by atoms with van der Waals surface area (Å²) in [7, 11) is 0. The van der Waals surface area contributed by atoms with Crippen molar-refractivity contribution in [2.75, 3.05) is 17.2 Å². The monoisotopic (exact) mass is 241 g/mol. The molecule has 0 unspecified atom stereocenters. The van der Waals surface area contributed by atoms with Gasteiger partial charge in [0.1, 0.15) is 0 Å². The third-order valence-corrected chi connectivity index (χ3v) is 3.09. The third-order valence-electron chi connectivity index (χ3n) is 3.09. The molecule has 2 N–H and O–H groups in total. The van der Waals surface area contributed by atoms with Crippen LogP contribution in [0.15, 0.2) is 42.6 Å². The lowest BCUT2D eigenvalue weighted by Gasteiger charge is -2.23. The molecule has 0 saturated carbocycles. The van der Waals surface area contributed by atoms with Gasteiger partial charge in [-0.25, -0.2) is 0 Å². The van der Waals surface area contributed by atoms with E-state index in [1.165, 1.54) is 0 Å². The lowest BCUT2D eigenvalue weighted by Crippen LogP contribution is -2.22. The van der Waals surface area contributed by atoms with E-state index in [-0.39, 0.29) is 0 Å². The minimum atomic E-state index is 0.805. The lowest BCUT2D eigenvalue weighted by atomic mass is 10.1. The van der Waals surface area contributed by atoms with Gasteiger partial charge in [-0.15, -0.1) is 0 Å². The second-order valence-electron chi connectivity index (χ2n) is 4.38. The largest absolute Gasteiger partial charge is 0.398 e. The van der Waals surface area contributed by atoms with Crippen LogP contribution in [0.3, 0.4) is 0 Å². The van der Waals surface area contributed by atoms with Crippen LogP contribution in [0.4, 0.5) is 11.4 Å². The van der Waals surface area contributed by atoms with E-state index in [1.54, 1.807) is 0 Å². The van der Waals surface area contributed by atoms with Crippen LogP contribution in [0.25, 0.3) is 0 Å². The van der Waals surface area contributed by atoms with Gasteiger partial charge in [-0.1, -0.05) is 12.1 Å². The molecule has 3 heteroatoms. The van der Waals surface area contributed by atoms with Crippen LogP contribution in [0.1, 0.15) is 18.2 Å². The maximum atomic E-state index is 5.96. The van der Waals surface area contributed by atoms with Gasteiger partial charge in [-0.05, 0) is 43.7 Å². The number of hydrogen-bond acceptors (Lipinski definition) is 3. The van der Waals surface area contributed by atoms with Gasteiger partial charge in [-0.2, -0.15) is 0 Å². The van der Waals surface area contributed by atoms with Crippen LogP contribution in [-0.4, -0.2) is 11.5 Å². The van der Waals surface area contributed by atoms with Crippen molar-refractivity contribution in [2.45, 2.75) is 20.4 Å². The number of nitrogen functional groups attached to an aromatic ring is 1. The summed E-state index contributed by atoms with van der Waals surface area (Å²) in [5, 5.41) is 0. The third kappa shape index (κ3) is 2.80. The van der Waals surface area contributed by atoms with Crippen LogP contribution >= 0.6 is 0 Å². The Morgan fingerprint density at radius 2 is 2.06 bits per heavy atom. The Labute approximate surface area is 108 Å². The van der Waals surface area contributed by atoms with Crippen LogP contribution in [0.5, 0.6) is 0 Å². The van der Waals surface area contributed by atoms with Crippen LogP contribution < -0.4 is 10.6 Å². The molecule has 1 heterocycles. The minimum Gasteiger partial charge on any atom is -0.398 e. The Balaban J connectivity index is 2.20. The predicted molar refractivity (Wildman–Crippen MR) is 76.6 cm³/mol. The Morgan fingerprint density at radius 3 is 2.67 bits per heavy atom. The summed E-state index contributed by atoms with van der Waals surface area (Å²) in [5.74, 6) is 0. The van der Waals surface area contributed by atoms with E-state index in [0.717, 1.165) is 35.7 Å². The number of rotatable bonds is 4. The number of pyridine rings is 1. The normalized spacial score (nSPS) is 10.3. The van der Waals surface area contributed by atoms with Gasteiger partial charge in [0.15, 0.2) is 0 Å². The molecule has 0 bridgehead atoms. The maximum absolute atomic E-state index is 5.96. The zero-order chi connectivity index (χ0) is 13.0. The first-order chi connectivity index (χ1) is 8.70. The maximum Gasteiger partial charge on any atom is 0.0601 e. The summed E-state index contributed by atoms with van der Waals surface area (Å²) in [4.78, 5) is 6.62. The molecule has 0 saturated heterocycles. The Kier molecular flexibility index (Phi) is 3.82. The van der Waals surface area contributed by atoms with E-state index < -0.39 is 0 Å². The van der Waals surface area contributed by atoms with Gasteiger partial charge in [0.2, 0.25) is 0 Å². The molecule has 0 aliphatic carbocycles. The van der Waals surface area contributed by atoms with Crippen LogP contribution in [-0.2, 0) is 6.54 Å². The number of aromatic nitrogens is 1. The molecule has 0 aliphatic heterocycles. The standard InChI is InChI=1S/C15H19N3/c1-3-18(11-13-6-4-5-9-17-13)14-8-7-12(2)15(16)10-14/h4-10H,3,11,16H2,1-2H3. The van der Waals surface area contributed by atoms with Crippen molar-refractivity contribution < 1.29 is 0 Å². The molecule has 1 aromatic carbocycles. The van der Waals surface area contributed by atoms with Gasteiger partial charge in [0.25, 0.3) is 0 Å². The molecule has 2 rings (SSSR count). The molecule has 0 radical (unpaired) electrons. The highest BCUT2D eigenvalue weighted by molar-refractivity contribution is 5.59. The molecule has 0 atom stereocenters. The fourth-order valence-corrected chi connectivity index (χ4v) is 1.90. The summed E-state index contributed by atoms with van der Waals surface area (Å²) in [6.45, 7) is 5.89. The molecule has 0 aliphatic rings. The average molecular weight is 241 g/mol. The van der Waals surface area contributed by atoms with Gasteiger partial charge in [0, 0.05) is 24.1 Å². The van der Waals surface area contributed by atoms with Crippen molar-refractivity contribution in [1.82, 2.24) is 4.98 Å². The zero-order valence-electron chi connectivity index (χ0n) is 10.9. The second-order valence-corrected chi connectivity index (χ2v) is 4.38. The molecule has 0 spiro atoms. The number of aryl methyl sites for hydroxylation is 1. The van der Waals surface area contributed by atoms with Crippen molar-refractivity contribution in [1.29, 1.82) is 0 Å². The average Bonchev–Trinajstić information content (AvgIpc) is 2.40. The summed E-state index contributed by atoms with van der Waals surface area (Å²) in [5.41, 5.74) is 10.1. The summed E-state index contributed by atoms with van der Waals surface area (Å²) in [6.07, 6.45) is 1.83. The first kappa shape index (κ1) is 12.4. The first-order valence-electron chi connectivity index (χ1n) is 6.21. The topological polar surface area (TPSA) is 42.2 Å². The van der Waals surface area contributed by atoms with Gasteiger partial charge >= 0.3 is 0 Å². The number of nitrogens with zero attached hydrogens (tertiary/aromatic N) is 2. The van der Waals surface area contributed by atoms with Gasteiger partial charge in [0.05, 0.1) is 12.2 Å². The number of hydrogen-bond donors (Lipinski definition) is 1. The number of benzene rings is 1. The number of nitrogens with two attached hydrogens (primary N) is 1. The Morgan fingerprint density at radius 1 is 1.22 bits per heavy atom. The summed E-state index contributed by atoms with van der Waals surface area (Å²) >= 11 is 0. The van der Waals surface area contributed by atoms with E-state index >= 15 is 0 Å². The van der Waals surface area contributed by atoms with E-state index in [2.05, 4.69) is 28.9 Å². The molecule has 1 aromatic heterocycles. The highest BCUT2D eigenvalue weighted by atomic mass is 15.1. The molecule has 2 aromatic rings. The quantitative estimate of drug-likeness (QED) is 0.837. The van der Waals surface area contributed by atoms with Crippen molar-refractivity contribution in [3.05, 3.63) is 53.9 Å². The van der Waals surface area contributed by atoms with Crippen molar-refractivity contribution in [2.24, 2.45) is 0 Å². The van der Waals surface area contributed by atoms with E-state index in [4.69, 9.17) is 5.73 Å². The molecule has 0 fully saturated rings. The van der Waals surface area contributed by atoms with Crippen molar-refractivity contribution in [3.63, 3.8) is 0 Å². The van der Waals surface area contributed by atoms with Gasteiger partial charge < -0.3 is 10.6 Å². The van der Waals surface area contributed by atoms with Crippen LogP contribution in [0.2, 0.25) is 0 Å². The smallest absolute Gasteiger partial charge is 0.0601 e. The molecule has 94 valence electrons. The molecule has 3 nitrogen and oxygen atoms in total. The first-order valence-corrected chi connectivity index (χ1v) is 6.21. The Hall–Kier alpha value is -2.03. The van der Waals surface area contributed by atoms with E-state index in [9.17, 15) is 0 Å². The highest BCUT2D eigenvalue weighted by Crippen LogP contribution is 2.22. The van der Waals surface area contributed by atoms with Gasteiger partial charge in [-0.3, -0.25) is 4.98 Å². The predicted octanol–water partition coefficient (Wildman–Crippen LogP) is 3.00. The molecular weight excluding hydrogens is 222 g/mol. The highest BCUT2D eigenvalue weighted by Gasteiger charge is 2.07. The number of anilines is 2. The summed E-state index contributed by atoms with van der Waals surface area (Å²) in [6, 6.07) is 12.2. The van der Waals surface area contributed by atoms with Crippen molar-refractivity contribution in [3.8, 4) is 0 Å². The van der Waals surface area contributed by atoms with Crippen LogP contribution in [0, 0.1) is 6.92 Å². The second kappa shape index (κ2) is 5.54. The minimum absolute atomic E-state index is 0.805. The zero-order valence-corrected chi connectivity index (χ0v) is 10.9.